The Morgan fingerprint density at radius 3 is 2.20 bits per heavy atom. The Balaban J connectivity index is 2.01. The molecule has 0 aromatic heterocycles. The maximum Gasteiger partial charge on any atom is 0.306 e. The number of aliphatic carboxylic acids is 1. The molecule has 6 heteroatoms. The van der Waals surface area contributed by atoms with E-state index < -0.39 is 32.8 Å². The zero-order valence-electron chi connectivity index (χ0n) is 11.0. The third-order valence-corrected chi connectivity index (χ3v) is 6.04. The van der Waals surface area contributed by atoms with Crippen LogP contribution >= 0.6 is 0 Å². The Kier molecular flexibility index (Phi) is 4.42. The van der Waals surface area contributed by atoms with Crippen molar-refractivity contribution in [1.29, 1.82) is 0 Å². The monoisotopic (exact) mass is 300 g/mol. The van der Waals surface area contributed by atoms with Crippen LogP contribution in [0, 0.1) is 11.7 Å². The lowest BCUT2D eigenvalue weighted by atomic mass is 9.89. The summed E-state index contributed by atoms with van der Waals surface area (Å²) in [7, 11) is -3.31. The van der Waals surface area contributed by atoms with Crippen LogP contribution in [0.2, 0.25) is 0 Å². The van der Waals surface area contributed by atoms with Gasteiger partial charge in [-0.3, -0.25) is 4.79 Å². The fraction of sp³-hybridized carbons (Fsp3) is 0.500. The van der Waals surface area contributed by atoms with Crippen molar-refractivity contribution in [2.75, 3.05) is 0 Å². The highest BCUT2D eigenvalue weighted by Crippen LogP contribution is 2.30. The van der Waals surface area contributed by atoms with Gasteiger partial charge in [0.25, 0.3) is 0 Å². The fourth-order valence-electron chi connectivity index (χ4n) is 2.60. The predicted octanol–water partition coefficient (Wildman–Crippen LogP) is 2.38. The summed E-state index contributed by atoms with van der Waals surface area (Å²) < 4.78 is 37.3. The zero-order chi connectivity index (χ0) is 14.8. The Morgan fingerprint density at radius 1 is 1.15 bits per heavy atom. The Bertz CT molecular complexity index is 572. The number of hydrogen-bond donors (Lipinski definition) is 1. The first kappa shape index (κ1) is 15.0. The van der Waals surface area contributed by atoms with E-state index in [9.17, 15) is 17.6 Å². The molecule has 0 atom stereocenters. The summed E-state index contributed by atoms with van der Waals surface area (Å²) in [6.45, 7) is 0. The molecule has 1 N–H and O–H groups in total. The number of benzene rings is 1. The van der Waals surface area contributed by atoms with Gasteiger partial charge in [-0.2, -0.15) is 0 Å². The Labute approximate surface area is 117 Å². The maximum atomic E-state index is 12.8. The SMILES string of the molecule is O=C(O)C1CCC(S(=O)(=O)Cc2ccc(F)cc2)CC1. The Morgan fingerprint density at radius 2 is 1.70 bits per heavy atom. The molecule has 1 aromatic carbocycles. The molecule has 0 saturated heterocycles. The molecule has 0 heterocycles. The Hall–Kier alpha value is -1.43. The van der Waals surface area contributed by atoms with Crippen LogP contribution < -0.4 is 0 Å². The highest BCUT2D eigenvalue weighted by molar-refractivity contribution is 7.91. The van der Waals surface area contributed by atoms with Crippen molar-refractivity contribution in [1.82, 2.24) is 0 Å². The molecule has 1 aromatic rings. The first-order valence-corrected chi connectivity index (χ1v) is 8.29. The van der Waals surface area contributed by atoms with Crippen LogP contribution in [0.1, 0.15) is 31.2 Å². The van der Waals surface area contributed by atoms with Gasteiger partial charge in [0, 0.05) is 0 Å². The first-order chi connectivity index (χ1) is 9.38. The molecule has 4 nitrogen and oxygen atoms in total. The lowest BCUT2D eigenvalue weighted by Gasteiger charge is -2.25. The highest BCUT2D eigenvalue weighted by atomic mass is 32.2. The van der Waals surface area contributed by atoms with Crippen LogP contribution in [0.15, 0.2) is 24.3 Å². The summed E-state index contributed by atoms with van der Waals surface area (Å²) in [6, 6.07) is 5.42. The average Bonchev–Trinajstić information content (AvgIpc) is 2.41. The van der Waals surface area contributed by atoms with Gasteiger partial charge in [-0.05, 0) is 43.4 Å². The van der Waals surface area contributed by atoms with E-state index >= 15 is 0 Å². The molecule has 2 rings (SSSR count). The lowest BCUT2D eigenvalue weighted by molar-refractivity contribution is -0.142. The van der Waals surface area contributed by atoms with Gasteiger partial charge in [0.1, 0.15) is 5.82 Å². The summed E-state index contributed by atoms with van der Waals surface area (Å²) in [4.78, 5) is 10.8. The van der Waals surface area contributed by atoms with E-state index in [1.165, 1.54) is 24.3 Å². The largest absolute Gasteiger partial charge is 0.481 e. The number of hydrogen-bond acceptors (Lipinski definition) is 3. The quantitative estimate of drug-likeness (QED) is 0.926. The van der Waals surface area contributed by atoms with Crippen LogP contribution in [0.5, 0.6) is 0 Å². The van der Waals surface area contributed by atoms with Gasteiger partial charge in [0.05, 0.1) is 16.9 Å². The fourth-order valence-corrected chi connectivity index (χ4v) is 4.48. The lowest BCUT2D eigenvalue weighted by Crippen LogP contribution is -2.30. The van der Waals surface area contributed by atoms with E-state index in [0.29, 0.717) is 31.2 Å². The molecule has 0 unspecified atom stereocenters. The van der Waals surface area contributed by atoms with Crippen molar-refractivity contribution in [3.63, 3.8) is 0 Å². The smallest absolute Gasteiger partial charge is 0.306 e. The number of carboxylic acids is 1. The number of rotatable bonds is 4. The summed E-state index contributed by atoms with van der Waals surface area (Å²) in [5.41, 5.74) is 0.562. The van der Waals surface area contributed by atoms with Crippen molar-refractivity contribution >= 4 is 15.8 Å². The van der Waals surface area contributed by atoms with Gasteiger partial charge in [0.2, 0.25) is 0 Å². The second-order valence-electron chi connectivity index (χ2n) is 5.25. The van der Waals surface area contributed by atoms with Gasteiger partial charge in [-0.25, -0.2) is 12.8 Å². The second-order valence-corrected chi connectivity index (χ2v) is 7.53. The van der Waals surface area contributed by atoms with E-state index in [0.717, 1.165) is 0 Å². The molecular weight excluding hydrogens is 283 g/mol. The van der Waals surface area contributed by atoms with Gasteiger partial charge >= 0.3 is 5.97 Å². The van der Waals surface area contributed by atoms with Gasteiger partial charge in [-0.15, -0.1) is 0 Å². The summed E-state index contributed by atoms with van der Waals surface area (Å²) in [5.74, 6) is -1.78. The van der Waals surface area contributed by atoms with Gasteiger partial charge < -0.3 is 5.11 Å². The van der Waals surface area contributed by atoms with Gasteiger partial charge in [-0.1, -0.05) is 12.1 Å². The van der Waals surface area contributed by atoms with Crippen molar-refractivity contribution in [2.45, 2.75) is 36.7 Å². The van der Waals surface area contributed by atoms with Crippen LogP contribution in [-0.2, 0) is 20.4 Å². The number of carbonyl (C=O) groups is 1. The molecule has 1 aliphatic rings. The molecule has 0 aliphatic heterocycles. The van der Waals surface area contributed by atoms with Crippen molar-refractivity contribution < 1.29 is 22.7 Å². The molecule has 1 aliphatic carbocycles. The minimum absolute atomic E-state index is 0.115. The van der Waals surface area contributed by atoms with Crippen LogP contribution in [0.25, 0.3) is 0 Å². The van der Waals surface area contributed by atoms with E-state index in [1.807, 2.05) is 0 Å². The topological polar surface area (TPSA) is 71.4 Å². The number of carboxylic acid groups (broad SMARTS) is 1. The maximum absolute atomic E-state index is 12.8. The van der Waals surface area contributed by atoms with Crippen molar-refractivity contribution in [2.24, 2.45) is 5.92 Å². The molecule has 0 radical (unpaired) electrons. The van der Waals surface area contributed by atoms with E-state index in [2.05, 4.69) is 0 Å². The minimum atomic E-state index is -3.31. The molecule has 1 fully saturated rings. The third kappa shape index (κ3) is 3.56. The second kappa shape index (κ2) is 5.91. The van der Waals surface area contributed by atoms with Crippen LogP contribution in [0.3, 0.4) is 0 Å². The minimum Gasteiger partial charge on any atom is -0.481 e. The van der Waals surface area contributed by atoms with Crippen molar-refractivity contribution in [3.05, 3.63) is 35.6 Å². The molecule has 110 valence electrons. The summed E-state index contributed by atoms with van der Waals surface area (Å²) >= 11 is 0. The van der Waals surface area contributed by atoms with Crippen LogP contribution in [0.4, 0.5) is 4.39 Å². The molecule has 20 heavy (non-hydrogen) atoms. The normalized spacial score (nSPS) is 23.4. The number of sulfone groups is 1. The van der Waals surface area contributed by atoms with Crippen LogP contribution in [-0.4, -0.2) is 24.7 Å². The average molecular weight is 300 g/mol. The zero-order valence-corrected chi connectivity index (χ0v) is 11.8. The molecule has 0 bridgehead atoms. The van der Waals surface area contributed by atoms with E-state index in [-0.39, 0.29) is 5.75 Å². The standard InChI is InChI=1S/C14H17FO4S/c15-12-5-1-10(2-6-12)9-20(18,19)13-7-3-11(4-8-13)14(16)17/h1-2,5-6,11,13H,3-4,7-9H2,(H,16,17). The molecular formula is C14H17FO4S. The highest BCUT2D eigenvalue weighted by Gasteiger charge is 2.33. The summed E-state index contributed by atoms with van der Waals surface area (Å²) in [6.07, 6.45) is 1.59. The molecule has 0 amide bonds. The summed E-state index contributed by atoms with van der Waals surface area (Å²) in [5, 5.41) is 8.42. The third-order valence-electron chi connectivity index (χ3n) is 3.81. The van der Waals surface area contributed by atoms with E-state index in [4.69, 9.17) is 5.11 Å². The first-order valence-electron chi connectivity index (χ1n) is 6.57. The molecule has 0 spiro atoms. The molecule has 1 saturated carbocycles. The predicted molar refractivity (Wildman–Crippen MR) is 72.4 cm³/mol. The van der Waals surface area contributed by atoms with Crippen molar-refractivity contribution in [3.8, 4) is 0 Å². The number of halogens is 1. The van der Waals surface area contributed by atoms with Gasteiger partial charge in [0.15, 0.2) is 9.84 Å². The van der Waals surface area contributed by atoms with E-state index in [1.54, 1.807) is 0 Å².